The Morgan fingerprint density at radius 1 is 0.741 bits per heavy atom. The van der Waals surface area contributed by atoms with Gasteiger partial charge >= 0.3 is 11.9 Å². The largest absolute Gasteiger partial charge is 0.465 e. The van der Waals surface area contributed by atoms with Gasteiger partial charge in [-0.1, -0.05) is 12.1 Å². The van der Waals surface area contributed by atoms with E-state index in [0.29, 0.717) is 0 Å². The summed E-state index contributed by atoms with van der Waals surface area (Å²) in [6, 6.07) is 9.38. The van der Waals surface area contributed by atoms with Gasteiger partial charge < -0.3 is 9.47 Å². The SMILES string of the molecule is COC(=O)c1cccc(S(=O)(=O)NS(=O)(=O)c2cccc(C(=O)OC)c2)c1. The van der Waals surface area contributed by atoms with Crippen LogP contribution >= 0.6 is 0 Å². The highest BCUT2D eigenvalue weighted by molar-refractivity contribution is 8.04. The summed E-state index contributed by atoms with van der Waals surface area (Å²) in [6.45, 7) is 0. The molecule has 0 radical (unpaired) electrons. The lowest BCUT2D eigenvalue weighted by atomic mass is 10.2. The zero-order chi connectivity index (χ0) is 20.2. The summed E-state index contributed by atoms with van der Waals surface area (Å²) in [5.41, 5.74) is -0.129. The maximum absolute atomic E-state index is 12.4. The minimum absolute atomic E-state index is 0.0644. The van der Waals surface area contributed by atoms with Gasteiger partial charge in [-0.3, -0.25) is 0 Å². The predicted octanol–water partition coefficient (Wildman–Crippen LogP) is 0.927. The van der Waals surface area contributed by atoms with Crippen LogP contribution in [0.25, 0.3) is 0 Å². The maximum Gasteiger partial charge on any atom is 0.337 e. The second-order valence-electron chi connectivity index (χ2n) is 5.13. The van der Waals surface area contributed by atoms with Crippen molar-refractivity contribution in [3.8, 4) is 0 Å². The van der Waals surface area contributed by atoms with E-state index in [0.717, 1.165) is 38.5 Å². The van der Waals surface area contributed by atoms with Crippen molar-refractivity contribution in [2.24, 2.45) is 0 Å². The van der Waals surface area contributed by atoms with Crippen LogP contribution in [0.5, 0.6) is 0 Å². The fraction of sp³-hybridized carbons (Fsp3) is 0.125. The second kappa shape index (κ2) is 7.86. The molecular formula is C16H15NO8S2. The molecule has 0 unspecified atom stereocenters. The van der Waals surface area contributed by atoms with Gasteiger partial charge in [-0.2, -0.15) is 0 Å². The number of sulfonamides is 2. The molecule has 2 rings (SSSR count). The Labute approximate surface area is 156 Å². The molecule has 0 spiro atoms. The number of nitrogens with one attached hydrogen (secondary N) is 1. The lowest BCUT2D eigenvalue weighted by Gasteiger charge is -2.10. The molecule has 0 atom stereocenters. The summed E-state index contributed by atoms with van der Waals surface area (Å²) >= 11 is 0. The van der Waals surface area contributed by atoms with Crippen LogP contribution in [0.1, 0.15) is 20.7 Å². The number of carbonyl (C=O) groups is 2. The van der Waals surface area contributed by atoms with E-state index < -0.39 is 41.8 Å². The zero-order valence-corrected chi connectivity index (χ0v) is 15.8. The van der Waals surface area contributed by atoms with Crippen LogP contribution in [0.15, 0.2) is 58.3 Å². The summed E-state index contributed by atoms with van der Waals surface area (Å²) in [7, 11) is -6.81. The highest BCUT2D eigenvalue weighted by Gasteiger charge is 2.26. The molecule has 0 heterocycles. The summed E-state index contributed by atoms with van der Waals surface area (Å²) in [5, 5.41) is 0. The van der Waals surface area contributed by atoms with Crippen LogP contribution in [-0.2, 0) is 29.5 Å². The number of hydrogen-bond acceptors (Lipinski definition) is 8. The van der Waals surface area contributed by atoms with Gasteiger partial charge in [0.25, 0.3) is 20.0 Å². The molecule has 0 saturated heterocycles. The molecule has 11 heteroatoms. The minimum atomic E-state index is -4.53. The Hall–Kier alpha value is -2.76. The van der Waals surface area contributed by atoms with Gasteiger partial charge in [0.15, 0.2) is 0 Å². The van der Waals surface area contributed by atoms with E-state index >= 15 is 0 Å². The Bertz CT molecular complexity index is 1000. The van der Waals surface area contributed by atoms with Gasteiger partial charge in [0.1, 0.15) is 0 Å². The number of ether oxygens (including phenoxy) is 2. The lowest BCUT2D eigenvalue weighted by Crippen LogP contribution is -2.31. The minimum Gasteiger partial charge on any atom is -0.465 e. The van der Waals surface area contributed by atoms with Gasteiger partial charge in [0, 0.05) is 0 Å². The number of carbonyl (C=O) groups excluding carboxylic acids is 2. The van der Waals surface area contributed by atoms with Crippen molar-refractivity contribution < 1.29 is 35.9 Å². The van der Waals surface area contributed by atoms with Crippen molar-refractivity contribution >= 4 is 32.0 Å². The van der Waals surface area contributed by atoms with Gasteiger partial charge in [-0.25, -0.2) is 26.4 Å². The van der Waals surface area contributed by atoms with E-state index in [1.807, 2.05) is 0 Å². The molecule has 2 aromatic carbocycles. The predicted molar refractivity (Wildman–Crippen MR) is 93.1 cm³/mol. The first-order valence-corrected chi connectivity index (χ1v) is 10.2. The normalized spacial score (nSPS) is 11.6. The third kappa shape index (κ3) is 4.70. The molecule has 144 valence electrons. The third-order valence-electron chi connectivity index (χ3n) is 3.35. The van der Waals surface area contributed by atoms with Gasteiger partial charge in [0.2, 0.25) is 0 Å². The zero-order valence-electron chi connectivity index (χ0n) is 14.2. The van der Waals surface area contributed by atoms with Crippen LogP contribution in [0.4, 0.5) is 0 Å². The van der Waals surface area contributed by atoms with Crippen molar-refractivity contribution in [1.29, 1.82) is 0 Å². The monoisotopic (exact) mass is 413 g/mol. The number of esters is 2. The first-order chi connectivity index (χ1) is 12.6. The lowest BCUT2D eigenvalue weighted by molar-refractivity contribution is 0.0591. The quantitative estimate of drug-likeness (QED) is 0.692. The summed E-state index contributed by atoms with van der Waals surface area (Å²) in [4.78, 5) is 22.2. The van der Waals surface area contributed by atoms with Crippen LogP contribution in [0.2, 0.25) is 0 Å². The van der Waals surface area contributed by atoms with Crippen molar-refractivity contribution in [3.63, 3.8) is 0 Å². The van der Waals surface area contributed by atoms with Gasteiger partial charge in [0.05, 0.1) is 35.1 Å². The Balaban J connectivity index is 2.40. The smallest absolute Gasteiger partial charge is 0.337 e. The number of hydrogen-bond donors (Lipinski definition) is 1. The number of benzene rings is 2. The molecule has 27 heavy (non-hydrogen) atoms. The van der Waals surface area contributed by atoms with E-state index in [1.54, 1.807) is 4.13 Å². The molecule has 0 aromatic heterocycles. The van der Waals surface area contributed by atoms with E-state index in [9.17, 15) is 26.4 Å². The first-order valence-electron chi connectivity index (χ1n) is 7.26. The van der Waals surface area contributed by atoms with E-state index in [4.69, 9.17) is 0 Å². The molecule has 0 aliphatic rings. The third-order valence-corrected chi connectivity index (χ3v) is 6.85. The molecule has 9 nitrogen and oxygen atoms in total. The highest BCUT2D eigenvalue weighted by atomic mass is 32.3. The molecule has 2 aromatic rings. The summed E-state index contributed by atoms with van der Waals surface area (Å²) < 4.78 is 60.3. The van der Waals surface area contributed by atoms with Crippen molar-refractivity contribution in [3.05, 3.63) is 59.7 Å². The molecule has 0 bridgehead atoms. The Morgan fingerprint density at radius 3 is 1.44 bits per heavy atom. The molecule has 0 aliphatic heterocycles. The standard InChI is InChI=1S/C16H15NO8S2/c1-24-15(18)11-5-3-7-13(9-11)26(20,21)17-27(22,23)14-8-4-6-12(10-14)16(19)25-2/h3-10,17H,1-2H3. The average Bonchev–Trinajstić information content (AvgIpc) is 2.66. The molecule has 0 fully saturated rings. The van der Waals surface area contributed by atoms with E-state index in [-0.39, 0.29) is 11.1 Å². The molecular weight excluding hydrogens is 398 g/mol. The number of rotatable bonds is 6. The molecule has 0 saturated carbocycles. The highest BCUT2D eigenvalue weighted by Crippen LogP contribution is 2.17. The topological polar surface area (TPSA) is 133 Å². The maximum atomic E-state index is 12.4. The summed E-state index contributed by atoms with van der Waals surface area (Å²) in [5.74, 6) is -1.55. The Morgan fingerprint density at radius 2 is 1.11 bits per heavy atom. The van der Waals surface area contributed by atoms with Crippen LogP contribution in [0, 0.1) is 0 Å². The van der Waals surface area contributed by atoms with Crippen molar-refractivity contribution in [1.82, 2.24) is 4.13 Å². The van der Waals surface area contributed by atoms with Gasteiger partial charge in [-0.05, 0) is 36.4 Å². The molecule has 0 amide bonds. The van der Waals surface area contributed by atoms with Gasteiger partial charge in [-0.15, -0.1) is 4.13 Å². The van der Waals surface area contributed by atoms with Crippen LogP contribution in [0.3, 0.4) is 0 Å². The van der Waals surface area contributed by atoms with Crippen LogP contribution in [-0.4, -0.2) is 43.0 Å². The van der Waals surface area contributed by atoms with Crippen LogP contribution < -0.4 is 4.13 Å². The second-order valence-corrected chi connectivity index (χ2v) is 8.75. The fourth-order valence-electron chi connectivity index (χ4n) is 2.06. The first kappa shape index (κ1) is 20.6. The average molecular weight is 413 g/mol. The van der Waals surface area contributed by atoms with E-state index in [2.05, 4.69) is 9.47 Å². The summed E-state index contributed by atoms with van der Waals surface area (Å²) in [6.07, 6.45) is 0. The van der Waals surface area contributed by atoms with E-state index in [1.165, 1.54) is 24.3 Å². The van der Waals surface area contributed by atoms with Crippen molar-refractivity contribution in [2.45, 2.75) is 9.79 Å². The molecule has 0 aliphatic carbocycles. The van der Waals surface area contributed by atoms with Crippen molar-refractivity contribution in [2.75, 3.05) is 14.2 Å². The number of methoxy groups -OCH3 is 2. The Kier molecular flexibility index (Phi) is 5.98. The fourth-order valence-corrected chi connectivity index (χ4v) is 5.06. The molecule has 1 N–H and O–H groups in total.